The van der Waals surface area contributed by atoms with E-state index in [4.69, 9.17) is 0 Å². The number of benzene rings is 1. The molecule has 0 saturated carbocycles. The van der Waals surface area contributed by atoms with Crippen molar-refractivity contribution in [1.29, 1.82) is 0 Å². The predicted molar refractivity (Wildman–Crippen MR) is 87.3 cm³/mol. The molecule has 0 saturated heterocycles. The Bertz CT molecular complexity index is 788. The first-order valence-corrected chi connectivity index (χ1v) is 7.94. The van der Waals surface area contributed by atoms with E-state index in [-0.39, 0.29) is 11.7 Å². The summed E-state index contributed by atoms with van der Waals surface area (Å²) < 4.78 is 13.0. The summed E-state index contributed by atoms with van der Waals surface area (Å²) in [5, 5.41) is 4.79. The van der Waals surface area contributed by atoms with Crippen molar-refractivity contribution in [3.63, 3.8) is 0 Å². The lowest BCUT2D eigenvalue weighted by Gasteiger charge is -2.06. The van der Waals surface area contributed by atoms with Crippen molar-refractivity contribution in [3.05, 3.63) is 70.6 Å². The molecule has 6 heteroatoms. The summed E-state index contributed by atoms with van der Waals surface area (Å²) in [6.07, 6.45) is 1.81. The van der Waals surface area contributed by atoms with Gasteiger partial charge in [-0.3, -0.25) is 4.79 Å². The van der Waals surface area contributed by atoms with Crippen LogP contribution in [0.25, 0.3) is 11.3 Å². The van der Waals surface area contributed by atoms with E-state index >= 15 is 0 Å². The normalized spacial score (nSPS) is 10.5. The van der Waals surface area contributed by atoms with Crippen LogP contribution in [0.3, 0.4) is 0 Å². The lowest BCUT2D eigenvalue weighted by Crippen LogP contribution is -2.24. The fourth-order valence-corrected chi connectivity index (χ4v) is 2.80. The Balaban J connectivity index is 1.63. The number of amides is 1. The highest BCUT2D eigenvalue weighted by Crippen LogP contribution is 2.17. The van der Waals surface area contributed by atoms with Crippen molar-refractivity contribution in [2.45, 2.75) is 13.0 Å². The first kappa shape index (κ1) is 15.3. The Morgan fingerprint density at radius 2 is 2.00 bits per heavy atom. The summed E-state index contributed by atoms with van der Waals surface area (Å²) >= 11 is 1.56. The molecule has 0 aliphatic rings. The zero-order chi connectivity index (χ0) is 16.1. The fraction of sp³-hybridized carbons (Fsp3) is 0.118. The smallest absolute Gasteiger partial charge is 0.225 e. The summed E-state index contributed by atoms with van der Waals surface area (Å²) in [5.41, 5.74) is 2.21. The summed E-state index contributed by atoms with van der Waals surface area (Å²) in [6, 6.07) is 11.8. The van der Waals surface area contributed by atoms with Crippen molar-refractivity contribution in [3.8, 4) is 11.3 Å². The summed E-state index contributed by atoms with van der Waals surface area (Å²) in [6.45, 7) is 0.334. The van der Waals surface area contributed by atoms with Gasteiger partial charge >= 0.3 is 0 Å². The molecule has 0 radical (unpaired) electrons. The number of nitrogens with one attached hydrogen (secondary N) is 1. The number of hydrogen-bond donors (Lipinski definition) is 1. The lowest BCUT2D eigenvalue weighted by molar-refractivity contribution is -0.120. The van der Waals surface area contributed by atoms with Crippen molar-refractivity contribution in [1.82, 2.24) is 15.3 Å². The van der Waals surface area contributed by atoms with Gasteiger partial charge in [-0.2, -0.15) is 0 Å². The van der Waals surface area contributed by atoms with E-state index in [1.807, 2.05) is 17.5 Å². The first-order valence-electron chi connectivity index (χ1n) is 7.06. The molecule has 1 N–H and O–H groups in total. The standard InChI is InChI=1S/C17H14FN3OS/c18-13-5-3-12(4-6-13)16-8-14(20-11-21-16)10-19-17(22)9-15-2-1-7-23-15/h1-8,11H,9-10H2,(H,19,22). The lowest BCUT2D eigenvalue weighted by atomic mass is 10.1. The molecular formula is C17H14FN3OS. The summed E-state index contributed by atoms with van der Waals surface area (Å²) in [7, 11) is 0. The average Bonchev–Trinajstić information content (AvgIpc) is 3.07. The highest BCUT2D eigenvalue weighted by atomic mass is 32.1. The highest BCUT2D eigenvalue weighted by molar-refractivity contribution is 7.10. The Morgan fingerprint density at radius 3 is 2.74 bits per heavy atom. The van der Waals surface area contributed by atoms with Gasteiger partial charge in [0.25, 0.3) is 0 Å². The number of halogens is 1. The molecule has 3 rings (SSSR count). The van der Waals surface area contributed by atoms with Crippen LogP contribution in [0.2, 0.25) is 0 Å². The van der Waals surface area contributed by atoms with Crippen LogP contribution in [0.5, 0.6) is 0 Å². The molecule has 0 unspecified atom stereocenters. The van der Waals surface area contributed by atoms with Gasteiger partial charge in [0.05, 0.1) is 24.4 Å². The van der Waals surface area contributed by atoms with Gasteiger partial charge in [0.15, 0.2) is 0 Å². The van der Waals surface area contributed by atoms with Gasteiger partial charge in [-0.15, -0.1) is 11.3 Å². The van der Waals surface area contributed by atoms with Gasteiger partial charge in [-0.05, 0) is 41.8 Å². The van der Waals surface area contributed by atoms with Crippen molar-refractivity contribution >= 4 is 17.2 Å². The second-order valence-corrected chi connectivity index (χ2v) is 5.97. The minimum atomic E-state index is -0.288. The van der Waals surface area contributed by atoms with E-state index in [9.17, 15) is 9.18 Å². The predicted octanol–water partition coefficient (Wildman–Crippen LogP) is 3.20. The van der Waals surface area contributed by atoms with Crippen LogP contribution in [0, 0.1) is 5.82 Å². The Kier molecular flexibility index (Phi) is 4.73. The molecule has 0 aliphatic carbocycles. The fourth-order valence-electron chi connectivity index (χ4n) is 2.10. The maximum Gasteiger partial charge on any atom is 0.225 e. The number of aromatic nitrogens is 2. The summed E-state index contributed by atoms with van der Waals surface area (Å²) in [5.74, 6) is -0.335. The minimum Gasteiger partial charge on any atom is -0.350 e. The molecule has 2 aromatic heterocycles. The molecular weight excluding hydrogens is 313 g/mol. The van der Waals surface area contributed by atoms with Crippen LogP contribution in [0.1, 0.15) is 10.6 Å². The van der Waals surface area contributed by atoms with Crippen molar-refractivity contribution < 1.29 is 9.18 Å². The number of carbonyl (C=O) groups excluding carboxylic acids is 1. The largest absolute Gasteiger partial charge is 0.350 e. The molecule has 23 heavy (non-hydrogen) atoms. The topological polar surface area (TPSA) is 54.9 Å². The second-order valence-electron chi connectivity index (χ2n) is 4.93. The first-order chi connectivity index (χ1) is 11.2. The van der Waals surface area contributed by atoms with E-state index < -0.39 is 0 Å². The second kappa shape index (κ2) is 7.11. The zero-order valence-corrected chi connectivity index (χ0v) is 13.0. The number of hydrogen-bond acceptors (Lipinski definition) is 4. The third-order valence-electron chi connectivity index (χ3n) is 3.25. The van der Waals surface area contributed by atoms with Crippen molar-refractivity contribution in [2.24, 2.45) is 0 Å². The van der Waals surface area contributed by atoms with E-state index in [2.05, 4.69) is 15.3 Å². The molecule has 0 atom stereocenters. The molecule has 4 nitrogen and oxygen atoms in total. The number of carbonyl (C=O) groups is 1. The minimum absolute atomic E-state index is 0.0469. The number of thiophene rings is 1. The molecule has 0 bridgehead atoms. The summed E-state index contributed by atoms with van der Waals surface area (Å²) in [4.78, 5) is 21.2. The number of rotatable bonds is 5. The monoisotopic (exact) mass is 327 g/mol. The van der Waals surface area contributed by atoms with E-state index in [1.165, 1.54) is 18.5 Å². The van der Waals surface area contributed by atoms with Crippen LogP contribution in [0.15, 0.2) is 54.2 Å². The zero-order valence-electron chi connectivity index (χ0n) is 12.2. The molecule has 0 fully saturated rings. The van der Waals surface area contributed by atoms with Gasteiger partial charge < -0.3 is 5.32 Å². The van der Waals surface area contributed by atoms with Gasteiger partial charge in [-0.1, -0.05) is 6.07 Å². The molecule has 1 aromatic carbocycles. The number of nitrogens with zero attached hydrogens (tertiary/aromatic N) is 2. The van der Waals surface area contributed by atoms with Gasteiger partial charge in [0, 0.05) is 10.4 Å². The quantitative estimate of drug-likeness (QED) is 0.783. The van der Waals surface area contributed by atoms with Gasteiger partial charge in [0.1, 0.15) is 12.1 Å². The van der Waals surface area contributed by atoms with Gasteiger partial charge in [0.2, 0.25) is 5.91 Å². The van der Waals surface area contributed by atoms with Crippen LogP contribution < -0.4 is 5.32 Å². The third-order valence-corrected chi connectivity index (χ3v) is 4.12. The Morgan fingerprint density at radius 1 is 1.17 bits per heavy atom. The van der Waals surface area contributed by atoms with Crippen LogP contribution in [0.4, 0.5) is 4.39 Å². The van der Waals surface area contributed by atoms with E-state index in [0.29, 0.717) is 24.4 Å². The van der Waals surface area contributed by atoms with E-state index in [0.717, 1.165) is 10.4 Å². The third kappa shape index (κ3) is 4.20. The van der Waals surface area contributed by atoms with E-state index in [1.54, 1.807) is 29.5 Å². The maximum atomic E-state index is 13.0. The van der Waals surface area contributed by atoms with Crippen LogP contribution in [-0.4, -0.2) is 15.9 Å². The molecule has 3 aromatic rings. The van der Waals surface area contributed by atoms with Crippen LogP contribution in [-0.2, 0) is 17.8 Å². The van der Waals surface area contributed by atoms with Crippen LogP contribution >= 0.6 is 11.3 Å². The maximum absolute atomic E-state index is 13.0. The Labute approximate surface area is 137 Å². The highest BCUT2D eigenvalue weighted by Gasteiger charge is 2.06. The Hall–Kier alpha value is -2.60. The SMILES string of the molecule is O=C(Cc1cccs1)NCc1cc(-c2ccc(F)cc2)ncn1. The molecule has 0 aliphatic heterocycles. The molecule has 0 spiro atoms. The molecule has 1 amide bonds. The molecule has 2 heterocycles. The average molecular weight is 327 g/mol. The van der Waals surface area contributed by atoms with Crippen molar-refractivity contribution in [2.75, 3.05) is 0 Å². The molecule has 116 valence electrons. The van der Waals surface area contributed by atoms with Gasteiger partial charge in [-0.25, -0.2) is 14.4 Å².